The van der Waals surface area contributed by atoms with Crippen LogP contribution in [0.25, 0.3) is 0 Å². The molecule has 2 amide bonds. The van der Waals surface area contributed by atoms with Crippen molar-refractivity contribution in [3.63, 3.8) is 0 Å². The summed E-state index contributed by atoms with van der Waals surface area (Å²) in [5.74, 6) is 8.26. The predicted octanol–water partition coefficient (Wildman–Crippen LogP) is 4.64. The Bertz CT molecular complexity index is 1230. The van der Waals surface area contributed by atoms with Gasteiger partial charge in [-0.1, -0.05) is 37.8 Å². The number of carbonyl (C=O) groups excluding carboxylic acids is 1. The second-order valence-corrected chi connectivity index (χ2v) is 10.3. The lowest BCUT2D eigenvalue weighted by Gasteiger charge is -2.32. The second kappa shape index (κ2) is 12.0. The van der Waals surface area contributed by atoms with E-state index in [2.05, 4.69) is 44.5 Å². The molecule has 0 aliphatic carbocycles. The zero-order valence-electron chi connectivity index (χ0n) is 22.0. The first-order valence-electron chi connectivity index (χ1n) is 12.6. The number of aromatic nitrogens is 1. The fraction of sp³-hybridized carbons (Fsp3) is 0.379. The van der Waals surface area contributed by atoms with E-state index in [0.29, 0.717) is 23.9 Å². The van der Waals surface area contributed by atoms with Gasteiger partial charge in [-0.25, -0.2) is 4.79 Å². The molecule has 0 bridgehead atoms. The van der Waals surface area contributed by atoms with Gasteiger partial charge in [-0.2, -0.15) is 0 Å². The van der Waals surface area contributed by atoms with Crippen LogP contribution in [0.1, 0.15) is 37.7 Å². The minimum Gasteiger partial charge on any atom is -0.492 e. The molecule has 1 aliphatic heterocycles. The maximum atomic E-state index is 12.3. The Hall–Kier alpha value is -3.80. The second-order valence-electron chi connectivity index (χ2n) is 10.3. The number of rotatable bonds is 6. The first kappa shape index (κ1) is 26.3. The molecule has 4 rings (SSSR count). The van der Waals surface area contributed by atoms with Crippen molar-refractivity contribution >= 4 is 17.5 Å². The van der Waals surface area contributed by atoms with Gasteiger partial charge in [0.25, 0.3) is 0 Å². The molecule has 0 unspecified atom stereocenters. The van der Waals surface area contributed by atoms with Gasteiger partial charge in [-0.05, 0) is 55.6 Å². The molecule has 1 fully saturated rings. The van der Waals surface area contributed by atoms with Crippen molar-refractivity contribution in [2.45, 2.75) is 26.2 Å². The van der Waals surface area contributed by atoms with Crippen LogP contribution < -0.4 is 15.4 Å². The van der Waals surface area contributed by atoms with Crippen LogP contribution in [0.5, 0.6) is 5.75 Å². The molecular weight excluding hydrogens is 466 g/mol. The van der Waals surface area contributed by atoms with Gasteiger partial charge in [-0.3, -0.25) is 10.2 Å². The third kappa shape index (κ3) is 8.10. The Morgan fingerprint density at radius 2 is 1.59 bits per heavy atom. The standard InChI is InChI=1S/C29H35N5O3/c1-29(2,3)26-21-27(32-37-26)31-28(35)30-24-11-7-22(8-12-24)5-6-23-9-13-25(14-10-23)36-20-19-34-17-15-33(4)16-18-34/h7-14,21H,15-20H2,1-4H3,(H2,30,31,32,35). The summed E-state index contributed by atoms with van der Waals surface area (Å²) in [7, 11) is 2.16. The van der Waals surface area contributed by atoms with Crippen LogP contribution in [0.3, 0.4) is 0 Å². The molecule has 1 aromatic heterocycles. The first-order valence-corrected chi connectivity index (χ1v) is 12.6. The van der Waals surface area contributed by atoms with E-state index in [9.17, 15) is 4.79 Å². The zero-order chi connectivity index (χ0) is 26.3. The number of piperazine rings is 1. The van der Waals surface area contributed by atoms with Crippen molar-refractivity contribution in [3.8, 4) is 17.6 Å². The van der Waals surface area contributed by atoms with E-state index in [1.165, 1.54) is 0 Å². The number of urea groups is 1. The van der Waals surface area contributed by atoms with Crippen molar-refractivity contribution < 1.29 is 14.1 Å². The van der Waals surface area contributed by atoms with Gasteiger partial charge in [0, 0.05) is 61.0 Å². The summed E-state index contributed by atoms with van der Waals surface area (Å²) in [5.41, 5.74) is 2.24. The predicted molar refractivity (Wildman–Crippen MR) is 146 cm³/mol. The van der Waals surface area contributed by atoms with Gasteiger partial charge in [0.15, 0.2) is 5.82 Å². The Kier molecular flexibility index (Phi) is 8.49. The summed E-state index contributed by atoms with van der Waals surface area (Å²) in [6, 6.07) is 16.5. The minimum atomic E-state index is -0.390. The molecule has 8 nitrogen and oxygen atoms in total. The molecule has 2 aromatic carbocycles. The van der Waals surface area contributed by atoms with Crippen molar-refractivity contribution in [3.05, 3.63) is 71.5 Å². The minimum absolute atomic E-state index is 0.180. The van der Waals surface area contributed by atoms with Gasteiger partial charge < -0.3 is 19.5 Å². The van der Waals surface area contributed by atoms with E-state index in [0.717, 1.165) is 49.6 Å². The SMILES string of the molecule is CN1CCN(CCOc2ccc(C#Cc3ccc(NC(=O)Nc4cc(C(C)(C)C)on4)cc3)cc2)CC1. The number of nitrogens with one attached hydrogen (secondary N) is 2. The highest BCUT2D eigenvalue weighted by atomic mass is 16.5. The third-order valence-electron chi connectivity index (χ3n) is 6.11. The van der Waals surface area contributed by atoms with Crippen molar-refractivity contribution in [1.29, 1.82) is 0 Å². The van der Waals surface area contributed by atoms with Gasteiger partial charge in [0.2, 0.25) is 0 Å². The summed E-state index contributed by atoms with van der Waals surface area (Å²) in [5, 5.41) is 9.37. The number of anilines is 2. The van der Waals surface area contributed by atoms with Crippen molar-refractivity contribution in [1.82, 2.24) is 15.0 Å². The molecule has 0 spiro atoms. The quantitative estimate of drug-likeness (QED) is 0.479. The molecule has 37 heavy (non-hydrogen) atoms. The number of amides is 2. The van der Waals surface area contributed by atoms with Crippen LogP contribution >= 0.6 is 0 Å². The van der Waals surface area contributed by atoms with E-state index in [4.69, 9.17) is 9.26 Å². The van der Waals surface area contributed by atoms with Crippen LogP contribution in [0.4, 0.5) is 16.3 Å². The van der Waals surface area contributed by atoms with Crippen LogP contribution in [-0.2, 0) is 5.41 Å². The highest BCUT2D eigenvalue weighted by Crippen LogP contribution is 2.24. The first-order chi connectivity index (χ1) is 17.7. The van der Waals surface area contributed by atoms with Gasteiger partial charge in [0.05, 0.1) is 0 Å². The summed E-state index contributed by atoms with van der Waals surface area (Å²) in [6.07, 6.45) is 0. The monoisotopic (exact) mass is 501 g/mol. The van der Waals surface area contributed by atoms with E-state index >= 15 is 0 Å². The highest BCUT2D eigenvalue weighted by Gasteiger charge is 2.20. The topological polar surface area (TPSA) is 82.9 Å². The van der Waals surface area contributed by atoms with Gasteiger partial charge >= 0.3 is 6.03 Å². The van der Waals surface area contributed by atoms with Crippen molar-refractivity contribution in [2.75, 3.05) is 57.0 Å². The Labute approximate surface area is 219 Å². The maximum Gasteiger partial charge on any atom is 0.324 e. The van der Waals surface area contributed by atoms with Gasteiger partial charge in [0.1, 0.15) is 18.1 Å². The summed E-state index contributed by atoms with van der Waals surface area (Å²) in [6.45, 7) is 12.1. The van der Waals surface area contributed by atoms with Crippen LogP contribution in [0.15, 0.2) is 59.1 Å². The fourth-order valence-electron chi connectivity index (χ4n) is 3.75. The lowest BCUT2D eigenvalue weighted by molar-refractivity contribution is 0.134. The number of hydrogen-bond donors (Lipinski definition) is 2. The lowest BCUT2D eigenvalue weighted by atomic mass is 9.93. The molecule has 8 heteroatoms. The van der Waals surface area contributed by atoms with E-state index < -0.39 is 6.03 Å². The highest BCUT2D eigenvalue weighted by molar-refractivity contribution is 5.99. The zero-order valence-corrected chi connectivity index (χ0v) is 22.0. The number of ether oxygens (including phenoxy) is 1. The van der Waals surface area contributed by atoms with E-state index in [-0.39, 0.29) is 5.41 Å². The molecule has 0 atom stereocenters. The summed E-state index contributed by atoms with van der Waals surface area (Å²) in [4.78, 5) is 17.1. The molecule has 2 N–H and O–H groups in total. The molecule has 2 heterocycles. The number of hydrogen-bond acceptors (Lipinski definition) is 6. The normalized spacial score (nSPS) is 14.5. The Balaban J connectivity index is 1.22. The molecule has 3 aromatic rings. The van der Waals surface area contributed by atoms with Crippen LogP contribution in [-0.4, -0.2) is 67.4 Å². The van der Waals surface area contributed by atoms with Crippen LogP contribution in [0.2, 0.25) is 0 Å². The molecular formula is C29H35N5O3. The summed E-state index contributed by atoms with van der Waals surface area (Å²) >= 11 is 0. The Morgan fingerprint density at radius 3 is 2.19 bits per heavy atom. The number of carbonyl (C=O) groups is 1. The smallest absolute Gasteiger partial charge is 0.324 e. The average molecular weight is 502 g/mol. The molecule has 1 aliphatic rings. The molecule has 194 valence electrons. The largest absolute Gasteiger partial charge is 0.492 e. The number of likely N-dealkylation sites (N-methyl/N-ethyl adjacent to an activating group) is 1. The van der Waals surface area contributed by atoms with E-state index in [1.807, 2.05) is 69.3 Å². The fourth-order valence-corrected chi connectivity index (χ4v) is 3.75. The molecule has 0 saturated carbocycles. The van der Waals surface area contributed by atoms with E-state index in [1.54, 1.807) is 6.07 Å². The molecule has 1 saturated heterocycles. The van der Waals surface area contributed by atoms with Gasteiger partial charge in [-0.15, -0.1) is 0 Å². The average Bonchev–Trinajstić information content (AvgIpc) is 3.35. The third-order valence-corrected chi connectivity index (χ3v) is 6.11. The summed E-state index contributed by atoms with van der Waals surface area (Å²) < 4.78 is 11.2. The Morgan fingerprint density at radius 1 is 0.973 bits per heavy atom. The van der Waals surface area contributed by atoms with Crippen LogP contribution in [0, 0.1) is 11.8 Å². The number of benzene rings is 2. The number of nitrogens with zero attached hydrogens (tertiary/aromatic N) is 3. The maximum absolute atomic E-state index is 12.3. The lowest BCUT2D eigenvalue weighted by Crippen LogP contribution is -2.45. The molecule has 0 radical (unpaired) electrons. The van der Waals surface area contributed by atoms with Crippen molar-refractivity contribution in [2.24, 2.45) is 0 Å².